The van der Waals surface area contributed by atoms with Crippen molar-refractivity contribution in [1.29, 1.82) is 0 Å². The van der Waals surface area contributed by atoms with Gasteiger partial charge in [-0.05, 0) is 37.0 Å². The van der Waals surface area contributed by atoms with Crippen LogP contribution in [0.15, 0.2) is 22.7 Å². The first kappa shape index (κ1) is 18.6. The summed E-state index contributed by atoms with van der Waals surface area (Å²) >= 11 is 3.37. The Morgan fingerprint density at radius 3 is 2.64 bits per heavy atom. The van der Waals surface area contributed by atoms with Crippen LogP contribution in [0.3, 0.4) is 0 Å². The van der Waals surface area contributed by atoms with Crippen molar-refractivity contribution in [3.8, 4) is 0 Å². The van der Waals surface area contributed by atoms with Gasteiger partial charge in [0, 0.05) is 23.1 Å². The van der Waals surface area contributed by atoms with Crippen molar-refractivity contribution in [2.24, 2.45) is 11.7 Å². The SMILES string of the molecule is Cc1ccc(Br)cc1NC(=O)CCNC(=O)[C@@H](N)CC(C)C. The Morgan fingerprint density at radius 1 is 1.32 bits per heavy atom. The van der Waals surface area contributed by atoms with E-state index in [0.717, 1.165) is 15.7 Å². The second kappa shape index (κ2) is 8.90. The normalized spacial score (nSPS) is 12.1. The fourth-order valence-corrected chi connectivity index (χ4v) is 2.35. The molecule has 1 atom stereocenters. The Bertz CT molecular complexity index is 532. The maximum Gasteiger partial charge on any atom is 0.236 e. The average molecular weight is 370 g/mol. The van der Waals surface area contributed by atoms with Crippen molar-refractivity contribution in [2.45, 2.75) is 39.7 Å². The van der Waals surface area contributed by atoms with Crippen LogP contribution in [0.25, 0.3) is 0 Å². The molecule has 22 heavy (non-hydrogen) atoms. The number of carbonyl (C=O) groups excluding carboxylic acids is 2. The Balaban J connectivity index is 2.37. The van der Waals surface area contributed by atoms with Crippen molar-refractivity contribution in [2.75, 3.05) is 11.9 Å². The minimum Gasteiger partial charge on any atom is -0.354 e. The Hall–Kier alpha value is -1.40. The molecule has 0 saturated heterocycles. The highest BCUT2D eigenvalue weighted by molar-refractivity contribution is 9.10. The lowest BCUT2D eigenvalue weighted by molar-refractivity contribution is -0.122. The van der Waals surface area contributed by atoms with Crippen molar-refractivity contribution >= 4 is 33.4 Å². The van der Waals surface area contributed by atoms with Gasteiger partial charge in [-0.2, -0.15) is 0 Å². The second-order valence-electron chi connectivity index (χ2n) is 5.78. The number of halogens is 1. The van der Waals surface area contributed by atoms with Crippen LogP contribution in [0.1, 0.15) is 32.3 Å². The molecule has 0 aliphatic carbocycles. The molecule has 122 valence electrons. The maximum atomic E-state index is 11.9. The van der Waals surface area contributed by atoms with E-state index in [1.165, 1.54) is 0 Å². The third-order valence-corrected chi connectivity index (χ3v) is 3.68. The van der Waals surface area contributed by atoms with Crippen LogP contribution >= 0.6 is 15.9 Å². The number of anilines is 1. The lowest BCUT2D eigenvalue weighted by atomic mass is 10.0. The highest BCUT2D eigenvalue weighted by Crippen LogP contribution is 2.20. The highest BCUT2D eigenvalue weighted by Gasteiger charge is 2.14. The van der Waals surface area contributed by atoms with Gasteiger partial charge >= 0.3 is 0 Å². The van der Waals surface area contributed by atoms with E-state index >= 15 is 0 Å². The minimum atomic E-state index is -0.518. The summed E-state index contributed by atoms with van der Waals surface area (Å²) in [5.41, 5.74) is 7.53. The van der Waals surface area contributed by atoms with Crippen LogP contribution in [0.5, 0.6) is 0 Å². The van der Waals surface area contributed by atoms with Crippen LogP contribution in [-0.4, -0.2) is 24.4 Å². The smallest absolute Gasteiger partial charge is 0.236 e. The molecule has 0 unspecified atom stereocenters. The highest BCUT2D eigenvalue weighted by atomic mass is 79.9. The molecule has 0 aliphatic heterocycles. The van der Waals surface area contributed by atoms with E-state index in [9.17, 15) is 9.59 Å². The molecule has 0 spiro atoms. The lowest BCUT2D eigenvalue weighted by Crippen LogP contribution is -2.42. The van der Waals surface area contributed by atoms with Crippen molar-refractivity contribution in [3.63, 3.8) is 0 Å². The van der Waals surface area contributed by atoms with Crippen LogP contribution in [0, 0.1) is 12.8 Å². The van der Waals surface area contributed by atoms with E-state index in [1.807, 2.05) is 39.0 Å². The van der Waals surface area contributed by atoms with Crippen molar-refractivity contribution in [3.05, 3.63) is 28.2 Å². The van der Waals surface area contributed by atoms with Gasteiger partial charge in [-0.15, -0.1) is 0 Å². The van der Waals surface area contributed by atoms with E-state index in [0.29, 0.717) is 12.3 Å². The molecule has 0 radical (unpaired) electrons. The molecular weight excluding hydrogens is 346 g/mol. The molecule has 0 heterocycles. The predicted molar refractivity (Wildman–Crippen MR) is 92.6 cm³/mol. The van der Waals surface area contributed by atoms with Gasteiger partial charge in [-0.3, -0.25) is 9.59 Å². The van der Waals surface area contributed by atoms with E-state index in [-0.39, 0.29) is 24.8 Å². The topological polar surface area (TPSA) is 84.2 Å². The average Bonchev–Trinajstić information content (AvgIpc) is 2.42. The maximum absolute atomic E-state index is 11.9. The van der Waals surface area contributed by atoms with Crippen molar-refractivity contribution < 1.29 is 9.59 Å². The molecule has 0 fully saturated rings. The zero-order valence-electron chi connectivity index (χ0n) is 13.3. The fourth-order valence-electron chi connectivity index (χ4n) is 1.99. The van der Waals surface area contributed by atoms with E-state index < -0.39 is 6.04 Å². The first-order chi connectivity index (χ1) is 10.3. The zero-order valence-corrected chi connectivity index (χ0v) is 14.9. The summed E-state index contributed by atoms with van der Waals surface area (Å²) in [5.74, 6) is 0.0163. The quantitative estimate of drug-likeness (QED) is 0.690. The van der Waals surface area contributed by atoms with E-state index in [2.05, 4.69) is 26.6 Å². The molecule has 0 saturated carbocycles. The monoisotopic (exact) mass is 369 g/mol. The van der Waals surface area contributed by atoms with Gasteiger partial charge < -0.3 is 16.4 Å². The molecule has 6 heteroatoms. The summed E-state index contributed by atoms with van der Waals surface area (Å²) in [6.45, 7) is 6.24. The van der Waals surface area contributed by atoms with Gasteiger partial charge in [0.05, 0.1) is 6.04 Å². The summed E-state index contributed by atoms with van der Waals surface area (Å²) < 4.78 is 0.904. The van der Waals surface area contributed by atoms with E-state index in [4.69, 9.17) is 5.73 Å². The number of rotatable bonds is 7. The molecule has 1 aromatic carbocycles. The number of carbonyl (C=O) groups is 2. The summed E-state index contributed by atoms with van der Waals surface area (Å²) in [4.78, 5) is 23.6. The van der Waals surface area contributed by atoms with Gasteiger partial charge in [-0.1, -0.05) is 35.8 Å². The van der Waals surface area contributed by atoms with Crippen LogP contribution in [0.4, 0.5) is 5.69 Å². The molecule has 4 N–H and O–H groups in total. The zero-order chi connectivity index (χ0) is 16.7. The number of nitrogens with two attached hydrogens (primary N) is 1. The van der Waals surface area contributed by atoms with Crippen LogP contribution in [-0.2, 0) is 9.59 Å². The molecular formula is C16H24BrN3O2. The standard InChI is InChI=1S/C16H24BrN3O2/c1-10(2)8-13(18)16(22)19-7-6-15(21)20-14-9-12(17)5-4-11(14)3/h4-5,9-10,13H,6-8,18H2,1-3H3,(H,19,22)(H,20,21)/t13-/m0/s1. The molecule has 5 nitrogen and oxygen atoms in total. The summed E-state index contributed by atoms with van der Waals surface area (Å²) in [7, 11) is 0. The largest absolute Gasteiger partial charge is 0.354 e. The summed E-state index contributed by atoms with van der Waals surface area (Å²) in [6, 6.07) is 5.17. The number of amides is 2. The first-order valence-corrected chi connectivity index (χ1v) is 8.18. The second-order valence-corrected chi connectivity index (χ2v) is 6.70. The number of nitrogens with one attached hydrogen (secondary N) is 2. The molecule has 1 rings (SSSR count). The molecule has 2 amide bonds. The Labute approximate surface area is 140 Å². The fraction of sp³-hybridized carbons (Fsp3) is 0.500. The van der Waals surface area contributed by atoms with E-state index in [1.54, 1.807) is 0 Å². The van der Waals surface area contributed by atoms with Gasteiger partial charge in [0.15, 0.2) is 0 Å². The number of aryl methyl sites for hydroxylation is 1. The van der Waals surface area contributed by atoms with Gasteiger partial charge in [0.25, 0.3) is 0 Å². The summed E-state index contributed by atoms with van der Waals surface area (Å²) in [6.07, 6.45) is 0.849. The molecule has 0 aliphatic rings. The predicted octanol–water partition coefficient (Wildman–Crippen LogP) is 2.58. The minimum absolute atomic E-state index is 0.140. The Morgan fingerprint density at radius 2 is 2.00 bits per heavy atom. The van der Waals surface area contributed by atoms with Gasteiger partial charge in [-0.25, -0.2) is 0 Å². The Kier molecular flexibility index (Phi) is 7.55. The molecule has 0 aromatic heterocycles. The van der Waals surface area contributed by atoms with Gasteiger partial charge in [0.1, 0.15) is 0 Å². The van der Waals surface area contributed by atoms with Crippen LogP contribution < -0.4 is 16.4 Å². The van der Waals surface area contributed by atoms with Crippen LogP contribution in [0.2, 0.25) is 0 Å². The molecule has 1 aromatic rings. The number of hydrogen-bond acceptors (Lipinski definition) is 3. The third-order valence-electron chi connectivity index (χ3n) is 3.19. The summed E-state index contributed by atoms with van der Waals surface area (Å²) in [5, 5.41) is 5.53. The lowest BCUT2D eigenvalue weighted by Gasteiger charge is -2.14. The third kappa shape index (κ3) is 6.58. The molecule has 0 bridgehead atoms. The first-order valence-electron chi connectivity index (χ1n) is 7.39. The van der Waals surface area contributed by atoms with Crippen molar-refractivity contribution in [1.82, 2.24) is 5.32 Å². The number of benzene rings is 1. The number of hydrogen-bond donors (Lipinski definition) is 3. The van der Waals surface area contributed by atoms with Gasteiger partial charge in [0.2, 0.25) is 11.8 Å².